The zero-order valence-electron chi connectivity index (χ0n) is 14.7. The Morgan fingerprint density at radius 1 is 1.56 bits per heavy atom. The second-order valence-electron chi connectivity index (χ2n) is 6.70. The minimum absolute atomic E-state index is 0.107. The minimum Gasteiger partial charge on any atom is -0.469 e. The van der Waals surface area contributed by atoms with Crippen molar-refractivity contribution in [1.82, 2.24) is 4.98 Å². The maximum absolute atomic E-state index is 12.4. The number of aliphatic hydroxyl groups is 1. The highest BCUT2D eigenvalue weighted by atomic mass is 32.2. The molecule has 2 heterocycles. The summed E-state index contributed by atoms with van der Waals surface area (Å²) < 4.78 is 5.61. The van der Waals surface area contributed by atoms with E-state index >= 15 is 0 Å². The number of hydrogen-bond acceptors (Lipinski definition) is 6. The van der Waals surface area contributed by atoms with Crippen molar-refractivity contribution in [3.8, 4) is 6.07 Å². The van der Waals surface area contributed by atoms with Gasteiger partial charge in [0.15, 0.2) is 0 Å². The quantitative estimate of drug-likeness (QED) is 0.850. The first-order valence-corrected chi connectivity index (χ1v) is 9.28. The molecule has 0 saturated heterocycles. The summed E-state index contributed by atoms with van der Waals surface area (Å²) in [7, 11) is 0. The first-order chi connectivity index (χ1) is 11.8. The fourth-order valence-corrected chi connectivity index (χ4v) is 4.65. The normalized spacial score (nSPS) is 25.3. The van der Waals surface area contributed by atoms with Gasteiger partial charge in [-0.15, -0.1) is 11.8 Å². The van der Waals surface area contributed by atoms with Gasteiger partial charge in [-0.05, 0) is 50.3 Å². The van der Waals surface area contributed by atoms with Gasteiger partial charge in [-0.25, -0.2) is 4.98 Å². The molecule has 6 heteroatoms. The topological polar surface area (TPSA) is 87.1 Å². The van der Waals surface area contributed by atoms with Crippen molar-refractivity contribution in [2.24, 2.45) is 5.92 Å². The van der Waals surface area contributed by atoms with Crippen LogP contribution in [0.4, 0.5) is 0 Å². The van der Waals surface area contributed by atoms with Crippen LogP contribution in [0.3, 0.4) is 0 Å². The summed E-state index contributed by atoms with van der Waals surface area (Å²) in [6.07, 6.45) is 3.67. The van der Waals surface area contributed by atoms with Gasteiger partial charge in [-0.2, -0.15) is 5.26 Å². The summed E-state index contributed by atoms with van der Waals surface area (Å²) in [5, 5.41) is 21.4. The van der Waals surface area contributed by atoms with Gasteiger partial charge in [0.25, 0.3) is 0 Å². The van der Waals surface area contributed by atoms with E-state index in [-0.39, 0.29) is 12.2 Å². The molecule has 0 amide bonds. The van der Waals surface area contributed by atoms with Gasteiger partial charge in [0, 0.05) is 12.1 Å². The highest BCUT2D eigenvalue weighted by molar-refractivity contribution is 7.98. The van der Waals surface area contributed by atoms with Crippen molar-refractivity contribution in [2.45, 2.75) is 43.7 Å². The number of furan rings is 1. The molecule has 3 rings (SSSR count). The highest BCUT2D eigenvalue weighted by Crippen LogP contribution is 2.48. The van der Waals surface area contributed by atoms with Crippen LogP contribution in [0.25, 0.3) is 0 Å². The second kappa shape index (κ2) is 6.32. The molecule has 0 aromatic carbocycles. The number of pyridine rings is 1. The van der Waals surface area contributed by atoms with E-state index in [9.17, 15) is 15.2 Å². The highest BCUT2D eigenvalue weighted by Gasteiger charge is 2.49. The van der Waals surface area contributed by atoms with E-state index in [4.69, 9.17) is 4.42 Å². The molecule has 5 nitrogen and oxygen atoms in total. The van der Waals surface area contributed by atoms with E-state index in [1.54, 1.807) is 25.3 Å². The molecule has 1 N–H and O–H groups in total. The molecular formula is C19H20N2O3S. The lowest BCUT2D eigenvalue weighted by atomic mass is 9.64. The van der Waals surface area contributed by atoms with Crippen molar-refractivity contribution in [2.75, 3.05) is 6.26 Å². The molecule has 3 unspecified atom stereocenters. The van der Waals surface area contributed by atoms with Crippen molar-refractivity contribution < 1.29 is 14.3 Å². The number of carbonyl (C=O) groups is 1. The number of thioether (sulfide) groups is 1. The average Bonchev–Trinajstić information content (AvgIpc) is 3.06. The Balaban J connectivity index is 2.38. The first kappa shape index (κ1) is 17.7. The lowest BCUT2D eigenvalue weighted by Crippen LogP contribution is -2.48. The van der Waals surface area contributed by atoms with Gasteiger partial charge in [-0.1, -0.05) is 0 Å². The molecule has 1 aliphatic carbocycles. The average molecular weight is 356 g/mol. The second-order valence-corrected chi connectivity index (χ2v) is 7.50. The minimum atomic E-state index is -1.27. The van der Waals surface area contributed by atoms with Gasteiger partial charge < -0.3 is 9.52 Å². The SMILES string of the molecule is CSc1nc(C)c2c(c1C#N)CC(C)(O)C(C(C)=O)C2c1ccco1. The summed E-state index contributed by atoms with van der Waals surface area (Å²) in [5.74, 6) is -0.615. The molecule has 0 aliphatic heterocycles. The number of carbonyl (C=O) groups excluding carboxylic acids is 1. The Labute approximate surface area is 151 Å². The summed E-state index contributed by atoms with van der Waals surface area (Å²) in [4.78, 5) is 17.0. The standard InChI is InChI=1S/C19H20N2O3S/c1-10-15-12(13(9-20)18(21-10)25-4)8-19(3,23)17(11(2)22)16(15)14-6-5-7-24-14/h5-7,16-17,23H,8H2,1-4H3. The fourth-order valence-electron chi connectivity index (χ4n) is 4.05. The third-order valence-corrected chi connectivity index (χ3v) is 5.62. The molecule has 130 valence electrons. The van der Waals surface area contributed by atoms with Crippen LogP contribution in [0.2, 0.25) is 0 Å². The molecule has 2 aromatic rings. The summed E-state index contributed by atoms with van der Waals surface area (Å²) in [6.45, 7) is 5.03. The van der Waals surface area contributed by atoms with E-state index in [0.717, 1.165) is 16.8 Å². The van der Waals surface area contributed by atoms with Crippen molar-refractivity contribution in [1.29, 1.82) is 5.26 Å². The van der Waals surface area contributed by atoms with Crippen LogP contribution in [-0.4, -0.2) is 27.7 Å². The van der Waals surface area contributed by atoms with Crippen LogP contribution in [0.15, 0.2) is 27.8 Å². The van der Waals surface area contributed by atoms with E-state index in [2.05, 4.69) is 11.1 Å². The largest absolute Gasteiger partial charge is 0.469 e. The smallest absolute Gasteiger partial charge is 0.136 e. The Morgan fingerprint density at radius 2 is 2.28 bits per heavy atom. The van der Waals surface area contributed by atoms with Crippen LogP contribution >= 0.6 is 11.8 Å². The van der Waals surface area contributed by atoms with Crippen LogP contribution in [0.1, 0.15) is 47.9 Å². The van der Waals surface area contributed by atoms with Crippen LogP contribution in [0, 0.1) is 24.2 Å². The van der Waals surface area contributed by atoms with Gasteiger partial charge >= 0.3 is 0 Å². The molecule has 1 aliphatic rings. The number of rotatable bonds is 3. The maximum atomic E-state index is 12.4. The summed E-state index contributed by atoms with van der Waals surface area (Å²) in [6, 6.07) is 5.81. The number of hydrogen-bond donors (Lipinski definition) is 1. The molecule has 0 spiro atoms. The predicted molar refractivity (Wildman–Crippen MR) is 94.5 cm³/mol. The van der Waals surface area contributed by atoms with Crippen molar-refractivity contribution in [3.63, 3.8) is 0 Å². The van der Waals surface area contributed by atoms with Crippen LogP contribution < -0.4 is 0 Å². The Morgan fingerprint density at radius 3 is 2.80 bits per heavy atom. The number of Topliss-reactive ketones (excluding diaryl/α,β-unsaturated/α-hetero) is 1. The number of ketones is 1. The Kier molecular flexibility index (Phi) is 4.48. The van der Waals surface area contributed by atoms with E-state index < -0.39 is 17.4 Å². The molecule has 0 bridgehead atoms. The van der Waals surface area contributed by atoms with Crippen LogP contribution in [0.5, 0.6) is 0 Å². The number of aromatic nitrogens is 1. The molecule has 2 aromatic heterocycles. The molecule has 0 saturated carbocycles. The lowest BCUT2D eigenvalue weighted by Gasteiger charge is -2.42. The molecule has 0 radical (unpaired) electrons. The third-order valence-electron chi connectivity index (χ3n) is 4.94. The van der Waals surface area contributed by atoms with Crippen molar-refractivity contribution >= 4 is 17.5 Å². The van der Waals surface area contributed by atoms with Gasteiger partial charge in [0.2, 0.25) is 0 Å². The molecule has 3 atom stereocenters. The van der Waals surface area contributed by atoms with Crippen molar-refractivity contribution in [3.05, 3.63) is 46.5 Å². The Bertz CT molecular complexity index is 866. The monoisotopic (exact) mass is 356 g/mol. The molecule has 0 fully saturated rings. The van der Waals surface area contributed by atoms with E-state index in [0.29, 0.717) is 16.3 Å². The molecule has 25 heavy (non-hydrogen) atoms. The molecular weight excluding hydrogens is 336 g/mol. The number of nitriles is 1. The van der Waals surface area contributed by atoms with E-state index in [1.165, 1.54) is 18.7 Å². The van der Waals surface area contributed by atoms with Crippen LogP contribution in [-0.2, 0) is 11.2 Å². The summed E-state index contributed by atoms with van der Waals surface area (Å²) >= 11 is 1.41. The zero-order chi connectivity index (χ0) is 18.4. The maximum Gasteiger partial charge on any atom is 0.136 e. The Hall–Kier alpha value is -2.10. The number of fused-ring (bicyclic) bond motifs is 1. The third kappa shape index (κ3) is 2.78. The van der Waals surface area contributed by atoms with Gasteiger partial charge in [0.05, 0.1) is 29.3 Å². The van der Waals surface area contributed by atoms with Gasteiger partial charge in [0.1, 0.15) is 22.6 Å². The first-order valence-electron chi connectivity index (χ1n) is 8.05. The summed E-state index contributed by atoms with van der Waals surface area (Å²) in [5.41, 5.74) is 1.57. The lowest BCUT2D eigenvalue weighted by molar-refractivity contribution is -0.131. The zero-order valence-corrected chi connectivity index (χ0v) is 15.5. The fraction of sp³-hybridized carbons (Fsp3) is 0.421. The van der Waals surface area contributed by atoms with E-state index in [1.807, 2.05) is 13.2 Å². The number of nitrogens with zero attached hydrogens (tertiary/aromatic N) is 2. The number of aryl methyl sites for hydroxylation is 1. The predicted octanol–water partition coefficient (Wildman–Crippen LogP) is 3.22. The van der Waals surface area contributed by atoms with Gasteiger partial charge in [-0.3, -0.25) is 4.79 Å².